The third-order valence-corrected chi connectivity index (χ3v) is 2.65. The Kier molecular flexibility index (Phi) is 3.83. The lowest BCUT2D eigenvalue weighted by Crippen LogP contribution is -2.11. The minimum absolute atomic E-state index is 0.0787. The standard InChI is InChI=1S/C11H15N5O2/c1-3-7(5-12)11-15-10(16-18-11)8-4-9(17-2)14-6-13-8/h4,6-7H,3,5,12H2,1-2H3. The van der Waals surface area contributed by atoms with Crippen molar-refractivity contribution in [2.24, 2.45) is 5.73 Å². The number of nitrogens with two attached hydrogens (primary N) is 1. The summed E-state index contributed by atoms with van der Waals surface area (Å²) in [4.78, 5) is 12.3. The van der Waals surface area contributed by atoms with Gasteiger partial charge in [-0.3, -0.25) is 0 Å². The molecule has 7 heteroatoms. The summed E-state index contributed by atoms with van der Waals surface area (Å²) in [7, 11) is 1.54. The average Bonchev–Trinajstić information content (AvgIpc) is 2.90. The molecular weight excluding hydrogens is 234 g/mol. The highest BCUT2D eigenvalue weighted by atomic mass is 16.5. The molecule has 0 aromatic carbocycles. The second-order valence-corrected chi connectivity index (χ2v) is 3.74. The predicted octanol–water partition coefficient (Wildman–Crippen LogP) is 0.987. The van der Waals surface area contributed by atoms with Crippen molar-refractivity contribution in [1.29, 1.82) is 0 Å². The first-order chi connectivity index (χ1) is 8.78. The smallest absolute Gasteiger partial charge is 0.231 e. The molecule has 0 spiro atoms. The van der Waals surface area contributed by atoms with Gasteiger partial charge in [0.15, 0.2) is 0 Å². The van der Waals surface area contributed by atoms with E-state index in [2.05, 4.69) is 20.1 Å². The molecule has 0 fully saturated rings. The van der Waals surface area contributed by atoms with Gasteiger partial charge in [-0.05, 0) is 6.42 Å². The summed E-state index contributed by atoms with van der Waals surface area (Å²) >= 11 is 0. The van der Waals surface area contributed by atoms with Crippen molar-refractivity contribution >= 4 is 0 Å². The lowest BCUT2D eigenvalue weighted by Gasteiger charge is -2.04. The van der Waals surface area contributed by atoms with Crippen LogP contribution in [0, 0.1) is 0 Å². The van der Waals surface area contributed by atoms with E-state index in [0.29, 0.717) is 29.8 Å². The van der Waals surface area contributed by atoms with Crippen molar-refractivity contribution < 1.29 is 9.26 Å². The van der Waals surface area contributed by atoms with Gasteiger partial charge in [-0.1, -0.05) is 12.1 Å². The summed E-state index contributed by atoms with van der Waals surface area (Å²) in [6.45, 7) is 2.50. The second kappa shape index (κ2) is 5.54. The molecule has 2 heterocycles. The van der Waals surface area contributed by atoms with Gasteiger partial charge >= 0.3 is 0 Å². The predicted molar refractivity (Wildman–Crippen MR) is 64.0 cm³/mol. The van der Waals surface area contributed by atoms with E-state index < -0.39 is 0 Å². The first-order valence-corrected chi connectivity index (χ1v) is 5.68. The van der Waals surface area contributed by atoms with E-state index in [9.17, 15) is 0 Å². The third kappa shape index (κ3) is 2.45. The molecule has 0 bridgehead atoms. The molecule has 18 heavy (non-hydrogen) atoms. The van der Waals surface area contributed by atoms with Gasteiger partial charge < -0.3 is 15.0 Å². The van der Waals surface area contributed by atoms with Crippen molar-refractivity contribution in [2.45, 2.75) is 19.3 Å². The number of aromatic nitrogens is 4. The molecule has 0 saturated heterocycles. The SMILES string of the molecule is CCC(CN)c1nc(-c2cc(OC)ncn2)no1. The van der Waals surface area contributed by atoms with Gasteiger partial charge in [0.1, 0.15) is 12.0 Å². The number of hydrogen-bond acceptors (Lipinski definition) is 7. The quantitative estimate of drug-likeness (QED) is 0.843. The van der Waals surface area contributed by atoms with E-state index in [4.69, 9.17) is 15.0 Å². The molecule has 0 aliphatic rings. The highest BCUT2D eigenvalue weighted by molar-refractivity contribution is 5.49. The van der Waals surface area contributed by atoms with Crippen LogP contribution in [0.1, 0.15) is 25.2 Å². The molecule has 0 amide bonds. The molecule has 0 radical (unpaired) electrons. The van der Waals surface area contributed by atoms with E-state index in [1.807, 2.05) is 6.92 Å². The molecule has 0 saturated carbocycles. The van der Waals surface area contributed by atoms with E-state index in [0.717, 1.165) is 6.42 Å². The van der Waals surface area contributed by atoms with Gasteiger partial charge in [-0.25, -0.2) is 9.97 Å². The van der Waals surface area contributed by atoms with Crippen LogP contribution in [-0.2, 0) is 0 Å². The topological polar surface area (TPSA) is 100.0 Å². The van der Waals surface area contributed by atoms with Crippen molar-refractivity contribution in [1.82, 2.24) is 20.1 Å². The molecule has 0 aliphatic heterocycles. The minimum atomic E-state index is 0.0787. The Morgan fingerprint density at radius 3 is 2.94 bits per heavy atom. The van der Waals surface area contributed by atoms with Crippen LogP contribution in [0.25, 0.3) is 11.5 Å². The molecule has 2 N–H and O–H groups in total. The Hall–Kier alpha value is -2.02. The molecule has 2 rings (SSSR count). The average molecular weight is 249 g/mol. The van der Waals surface area contributed by atoms with E-state index in [1.165, 1.54) is 13.4 Å². The summed E-state index contributed by atoms with van der Waals surface area (Å²) in [6.07, 6.45) is 2.25. The van der Waals surface area contributed by atoms with E-state index >= 15 is 0 Å². The molecule has 1 unspecified atom stereocenters. The molecule has 2 aromatic rings. The first kappa shape index (κ1) is 12.4. The fourth-order valence-electron chi connectivity index (χ4n) is 1.52. The zero-order valence-corrected chi connectivity index (χ0v) is 10.3. The fourth-order valence-corrected chi connectivity index (χ4v) is 1.52. The largest absolute Gasteiger partial charge is 0.481 e. The summed E-state index contributed by atoms with van der Waals surface area (Å²) in [5.74, 6) is 1.48. The Labute approximate surface area is 104 Å². The zero-order chi connectivity index (χ0) is 13.0. The zero-order valence-electron chi connectivity index (χ0n) is 10.3. The summed E-state index contributed by atoms with van der Waals surface area (Å²) < 4.78 is 10.2. The van der Waals surface area contributed by atoms with Gasteiger partial charge in [0.25, 0.3) is 0 Å². The van der Waals surface area contributed by atoms with Gasteiger partial charge in [0.2, 0.25) is 17.6 Å². The molecule has 7 nitrogen and oxygen atoms in total. The van der Waals surface area contributed by atoms with Crippen molar-refractivity contribution in [3.63, 3.8) is 0 Å². The van der Waals surface area contributed by atoms with Crippen LogP contribution in [0.5, 0.6) is 5.88 Å². The van der Waals surface area contributed by atoms with Crippen LogP contribution < -0.4 is 10.5 Å². The lowest BCUT2D eigenvalue weighted by atomic mass is 10.1. The maximum atomic E-state index is 5.64. The lowest BCUT2D eigenvalue weighted by molar-refractivity contribution is 0.351. The first-order valence-electron chi connectivity index (χ1n) is 5.68. The number of rotatable bonds is 5. The summed E-state index contributed by atoms with van der Waals surface area (Å²) in [6, 6.07) is 1.65. The van der Waals surface area contributed by atoms with Gasteiger partial charge in [0, 0.05) is 12.6 Å². The molecule has 96 valence electrons. The maximum absolute atomic E-state index is 5.64. The Morgan fingerprint density at radius 2 is 2.28 bits per heavy atom. The number of hydrogen-bond donors (Lipinski definition) is 1. The Bertz CT molecular complexity index is 510. The van der Waals surface area contributed by atoms with Crippen LogP contribution in [0.3, 0.4) is 0 Å². The van der Waals surface area contributed by atoms with Crippen LogP contribution >= 0.6 is 0 Å². The van der Waals surface area contributed by atoms with Crippen LogP contribution in [-0.4, -0.2) is 33.8 Å². The van der Waals surface area contributed by atoms with Gasteiger partial charge in [0.05, 0.1) is 13.0 Å². The maximum Gasteiger partial charge on any atom is 0.231 e. The highest BCUT2D eigenvalue weighted by Gasteiger charge is 2.17. The Morgan fingerprint density at radius 1 is 1.44 bits per heavy atom. The van der Waals surface area contributed by atoms with E-state index in [1.54, 1.807) is 6.07 Å². The summed E-state index contributed by atoms with van der Waals surface area (Å²) in [5, 5.41) is 3.89. The highest BCUT2D eigenvalue weighted by Crippen LogP contribution is 2.21. The normalized spacial score (nSPS) is 12.4. The van der Waals surface area contributed by atoms with E-state index in [-0.39, 0.29) is 5.92 Å². The molecule has 0 aliphatic carbocycles. The molecule has 2 aromatic heterocycles. The Balaban J connectivity index is 2.28. The number of ether oxygens (including phenoxy) is 1. The number of methoxy groups -OCH3 is 1. The number of nitrogens with zero attached hydrogens (tertiary/aromatic N) is 4. The van der Waals surface area contributed by atoms with Crippen LogP contribution in [0.4, 0.5) is 0 Å². The van der Waals surface area contributed by atoms with Crippen molar-refractivity contribution in [3.05, 3.63) is 18.3 Å². The second-order valence-electron chi connectivity index (χ2n) is 3.74. The molecular formula is C11H15N5O2. The fraction of sp³-hybridized carbons (Fsp3) is 0.455. The molecule has 1 atom stereocenters. The van der Waals surface area contributed by atoms with Crippen molar-refractivity contribution in [3.8, 4) is 17.4 Å². The van der Waals surface area contributed by atoms with Crippen LogP contribution in [0.15, 0.2) is 16.9 Å². The monoisotopic (exact) mass is 249 g/mol. The minimum Gasteiger partial charge on any atom is -0.481 e. The van der Waals surface area contributed by atoms with Gasteiger partial charge in [-0.15, -0.1) is 0 Å². The van der Waals surface area contributed by atoms with Gasteiger partial charge in [-0.2, -0.15) is 4.98 Å². The summed E-state index contributed by atoms with van der Waals surface area (Å²) in [5.41, 5.74) is 6.19. The third-order valence-electron chi connectivity index (χ3n) is 2.65. The van der Waals surface area contributed by atoms with Crippen LogP contribution in [0.2, 0.25) is 0 Å². The van der Waals surface area contributed by atoms with Crippen molar-refractivity contribution in [2.75, 3.05) is 13.7 Å².